The molecule has 2 N–H and O–H groups in total. The van der Waals surface area contributed by atoms with Gasteiger partial charge in [-0.1, -0.05) is 54.6 Å². The Morgan fingerprint density at radius 3 is 2.62 bits per heavy atom. The molecule has 0 spiro atoms. The molecule has 1 amide bonds. The zero-order chi connectivity index (χ0) is 29.1. The summed E-state index contributed by atoms with van der Waals surface area (Å²) < 4.78 is 6.16. The highest BCUT2D eigenvalue weighted by atomic mass is 16.4. The van der Waals surface area contributed by atoms with Crippen molar-refractivity contribution >= 4 is 5.91 Å². The van der Waals surface area contributed by atoms with Crippen molar-refractivity contribution in [3.05, 3.63) is 125 Å². The number of amides is 1. The van der Waals surface area contributed by atoms with Crippen LogP contribution >= 0.6 is 0 Å². The minimum atomic E-state index is -0.900. The van der Waals surface area contributed by atoms with Gasteiger partial charge in [0.05, 0.1) is 23.2 Å². The van der Waals surface area contributed by atoms with E-state index in [4.69, 9.17) is 10.2 Å². The molecule has 5 aromatic rings. The first-order valence-electron chi connectivity index (χ1n) is 14.0. The van der Waals surface area contributed by atoms with Crippen LogP contribution in [0.4, 0.5) is 0 Å². The van der Waals surface area contributed by atoms with E-state index in [1.807, 2.05) is 90.8 Å². The molecule has 1 unspecified atom stereocenters. The van der Waals surface area contributed by atoms with E-state index >= 15 is 0 Å². The normalized spacial score (nSPS) is 16.1. The molecule has 0 bridgehead atoms. The molecule has 1 fully saturated rings. The maximum atomic E-state index is 14.1. The Hall–Kier alpha value is -5.13. The number of carbonyl (C=O) groups is 1. The van der Waals surface area contributed by atoms with Crippen LogP contribution in [0, 0.1) is 11.3 Å². The predicted octanol–water partition coefficient (Wildman–Crippen LogP) is 6.06. The Kier molecular flexibility index (Phi) is 7.34. The lowest BCUT2D eigenvalue weighted by atomic mass is 9.94. The van der Waals surface area contributed by atoms with Crippen molar-refractivity contribution in [3.63, 3.8) is 0 Å². The Labute approximate surface area is 244 Å². The summed E-state index contributed by atoms with van der Waals surface area (Å²) in [6.45, 7) is 2.50. The van der Waals surface area contributed by atoms with Gasteiger partial charge in [-0.25, -0.2) is 0 Å². The van der Waals surface area contributed by atoms with E-state index in [0.717, 1.165) is 24.0 Å². The third-order valence-corrected chi connectivity index (χ3v) is 7.70. The Morgan fingerprint density at radius 2 is 1.83 bits per heavy atom. The molecule has 42 heavy (non-hydrogen) atoms. The van der Waals surface area contributed by atoms with Crippen LogP contribution < -0.4 is 5.73 Å². The van der Waals surface area contributed by atoms with Crippen molar-refractivity contribution in [2.24, 2.45) is 5.73 Å². The van der Waals surface area contributed by atoms with Gasteiger partial charge in [0.15, 0.2) is 0 Å². The molecule has 208 valence electrons. The largest absolute Gasteiger partial charge is 0.419 e. The van der Waals surface area contributed by atoms with Crippen LogP contribution in [0.15, 0.2) is 102 Å². The molecule has 1 aliphatic rings. The number of hydrogen-bond acceptors (Lipinski definition) is 7. The van der Waals surface area contributed by atoms with Crippen LogP contribution in [0.2, 0.25) is 0 Å². The molecular formula is C34H30N6O2. The molecular weight excluding hydrogens is 524 g/mol. The summed E-state index contributed by atoms with van der Waals surface area (Å²) in [4.78, 5) is 20.2. The van der Waals surface area contributed by atoms with Crippen LogP contribution in [-0.4, -0.2) is 32.5 Å². The van der Waals surface area contributed by atoms with Gasteiger partial charge >= 0.3 is 0 Å². The summed E-state index contributed by atoms with van der Waals surface area (Å²) in [6, 6.07) is 28.8. The van der Waals surface area contributed by atoms with Crippen molar-refractivity contribution < 1.29 is 9.21 Å². The number of nitrogens with two attached hydrogens (primary N) is 1. The number of nitrogens with zero attached hydrogens (tertiary/aromatic N) is 5. The van der Waals surface area contributed by atoms with E-state index in [1.54, 1.807) is 18.3 Å². The summed E-state index contributed by atoms with van der Waals surface area (Å²) >= 11 is 0. The number of hydrogen-bond donors (Lipinski definition) is 1. The monoisotopic (exact) mass is 554 g/mol. The SMILES string of the molecule is C[C@@](N)(Cc1ccccc1)c1nnc(-c2cc(C(=O)N3CCCC3c3cccnc3)cc(-c3ccccc3C#N)c2)o1. The average Bonchev–Trinajstić information content (AvgIpc) is 3.73. The van der Waals surface area contributed by atoms with Crippen molar-refractivity contribution in [2.45, 2.75) is 37.8 Å². The highest BCUT2D eigenvalue weighted by Crippen LogP contribution is 2.36. The standard InChI is InChI=1S/C34H30N6O2/c1-34(36,20-23-9-3-2-4-10-23)33-39-38-31(42-33)27-17-26(29-13-6-5-11-24(29)21-35)18-28(19-27)32(41)40-16-8-14-30(40)25-12-7-15-37-22-25/h2-7,9-13,15,17-19,22,30H,8,14,16,20,36H2,1H3/t30?,34-/m1/s1. The first-order chi connectivity index (χ1) is 20.4. The van der Waals surface area contributed by atoms with Crippen LogP contribution in [-0.2, 0) is 12.0 Å². The second-order valence-corrected chi connectivity index (χ2v) is 10.9. The second-order valence-electron chi connectivity index (χ2n) is 10.9. The number of benzene rings is 3. The van der Waals surface area contributed by atoms with Crippen LogP contribution in [0.1, 0.15) is 58.7 Å². The molecule has 8 nitrogen and oxygen atoms in total. The smallest absolute Gasteiger partial charge is 0.254 e. The quantitative estimate of drug-likeness (QED) is 0.259. The van der Waals surface area contributed by atoms with Gasteiger partial charge in [0.2, 0.25) is 11.8 Å². The van der Waals surface area contributed by atoms with E-state index < -0.39 is 5.54 Å². The second kappa shape index (κ2) is 11.4. The van der Waals surface area contributed by atoms with Gasteiger partial charge in [-0.2, -0.15) is 5.26 Å². The van der Waals surface area contributed by atoms with Crippen molar-refractivity contribution in [3.8, 4) is 28.7 Å². The fourth-order valence-corrected chi connectivity index (χ4v) is 5.62. The number of nitriles is 1. The molecule has 3 heterocycles. The van der Waals surface area contributed by atoms with Crippen molar-refractivity contribution in [2.75, 3.05) is 6.54 Å². The van der Waals surface area contributed by atoms with Crippen LogP contribution in [0.3, 0.4) is 0 Å². The third kappa shape index (κ3) is 5.42. The van der Waals surface area contributed by atoms with Gasteiger partial charge in [-0.15, -0.1) is 10.2 Å². The first-order valence-corrected chi connectivity index (χ1v) is 14.0. The van der Waals surface area contributed by atoms with Crippen molar-refractivity contribution in [1.29, 1.82) is 5.26 Å². The molecule has 1 saturated heterocycles. The minimum Gasteiger partial charge on any atom is -0.419 e. The van der Waals surface area contributed by atoms with Crippen LogP contribution in [0.25, 0.3) is 22.6 Å². The fourth-order valence-electron chi connectivity index (χ4n) is 5.62. The Bertz CT molecular complexity index is 1760. The maximum absolute atomic E-state index is 14.1. The molecule has 3 aromatic carbocycles. The van der Waals surface area contributed by atoms with E-state index in [0.29, 0.717) is 46.7 Å². The van der Waals surface area contributed by atoms with Gasteiger partial charge in [-0.05, 0) is 78.8 Å². The molecule has 2 aromatic heterocycles. The third-order valence-electron chi connectivity index (χ3n) is 7.70. The average molecular weight is 555 g/mol. The summed E-state index contributed by atoms with van der Waals surface area (Å²) in [5, 5.41) is 18.4. The van der Waals surface area contributed by atoms with Gasteiger partial charge in [0.25, 0.3) is 5.91 Å². The molecule has 2 atom stereocenters. The molecule has 0 aliphatic carbocycles. The number of aromatic nitrogens is 3. The van der Waals surface area contributed by atoms with E-state index in [2.05, 4.69) is 21.3 Å². The Balaban J connectivity index is 1.40. The van der Waals surface area contributed by atoms with Gasteiger partial charge in [0, 0.05) is 30.1 Å². The summed E-state index contributed by atoms with van der Waals surface area (Å²) in [6.07, 6.45) is 5.83. The number of rotatable bonds is 7. The summed E-state index contributed by atoms with van der Waals surface area (Å²) in [5.41, 5.74) is 10.8. The topological polar surface area (TPSA) is 122 Å². The van der Waals surface area contributed by atoms with Gasteiger partial charge in [0.1, 0.15) is 0 Å². The van der Waals surface area contributed by atoms with Crippen LogP contribution in [0.5, 0.6) is 0 Å². The lowest BCUT2D eigenvalue weighted by molar-refractivity contribution is 0.0735. The molecule has 6 rings (SSSR count). The van der Waals surface area contributed by atoms with Gasteiger partial charge < -0.3 is 15.1 Å². The number of pyridine rings is 1. The first kappa shape index (κ1) is 27.1. The van der Waals surface area contributed by atoms with E-state index in [1.165, 1.54) is 0 Å². The zero-order valence-corrected chi connectivity index (χ0v) is 23.3. The number of likely N-dealkylation sites (tertiary alicyclic amines) is 1. The molecule has 0 radical (unpaired) electrons. The maximum Gasteiger partial charge on any atom is 0.254 e. The van der Waals surface area contributed by atoms with Crippen molar-refractivity contribution in [1.82, 2.24) is 20.1 Å². The molecule has 0 saturated carbocycles. The molecule has 1 aliphatic heterocycles. The summed E-state index contributed by atoms with van der Waals surface area (Å²) in [5.74, 6) is 0.449. The summed E-state index contributed by atoms with van der Waals surface area (Å²) in [7, 11) is 0. The van der Waals surface area contributed by atoms with Gasteiger partial charge in [-0.3, -0.25) is 9.78 Å². The van der Waals surface area contributed by atoms with E-state index in [9.17, 15) is 10.1 Å². The lowest BCUT2D eigenvalue weighted by Gasteiger charge is -2.25. The highest BCUT2D eigenvalue weighted by Gasteiger charge is 2.32. The minimum absolute atomic E-state index is 0.0596. The molecule has 8 heteroatoms. The zero-order valence-electron chi connectivity index (χ0n) is 23.3. The van der Waals surface area contributed by atoms with E-state index in [-0.39, 0.29) is 17.8 Å². The number of carbonyl (C=O) groups excluding carboxylic acids is 1. The fraction of sp³-hybridized carbons (Fsp3) is 0.206. The highest BCUT2D eigenvalue weighted by molar-refractivity contribution is 5.97. The predicted molar refractivity (Wildman–Crippen MR) is 159 cm³/mol. The lowest BCUT2D eigenvalue weighted by Crippen LogP contribution is -2.35. The Morgan fingerprint density at radius 1 is 1.05 bits per heavy atom.